The highest BCUT2D eigenvalue weighted by atomic mass is 35.5. The monoisotopic (exact) mass is 440 g/mol. The van der Waals surface area contributed by atoms with E-state index in [4.69, 9.17) is 17.3 Å². The van der Waals surface area contributed by atoms with Crippen LogP contribution in [0.4, 0.5) is 11.5 Å². The molecule has 0 saturated carbocycles. The van der Waals surface area contributed by atoms with E-state index in [0.29, 0.717) is 17.0 Å². The van der Waals surface area contributed by atoms with Crippen molar-refractivity contribution < 1.29 is 4.79 Å². The fraction of sp³-hybridized carbons (Fsp3) is 0.261. The van der Waals surface area contributed by atoms with Crippen LogP contribution >= 0.6 is 11.6 Å². The zero-order valence-electron chi connectivity index (χ0n) is 17.5. The standard InChI is InChI=1S/C23H25ClN4O3/c1-15(2)11-12-27(22(30)17-9-6-10-18(24)13-17)19-20(25)28(23(31)26-21(19)29)14-16-7-4-3-5-8-16/h3-10,13,15H,11-12,14,25H2,1-2H3,(H,26,29,31). The fourth-order valence-electron chi connectivity index (χ4n) is 3.24. The van der Waals surface area contributed by atoms with Crippen molar-refractivity contribution >= 4 is 29.0 Å². The highest BCUT2D eigenvalue weighted by molar-refractivity contribution is 6.31. The highest BCUT2D eigenvalue weighted by Crippen LogP contribution is 2.22. The summed E-state index contributed by atoms with van der Waals surface area (Å²) >= 11 is 6.06. The maximum Gasteiger partial charge on any atom is 0.330 e. The Morgan fingerprint density at radius 2 is 1.84 bits per heavy atom. The van der Waals surface area contributed by atoms with Gasteiger partial charge in [0, 0.05) is 17.1 Å². The highest BCUT2D eigenvalue weighted by Gasteiger charge is 2.25. The SMILES string of the molecule is CC(C)CCN(C(=O)c1cccc(Cl)c1)c1c(N)n(Cc2ccccc2)c(=O)[nH]c1=O. The second-order valence-corrected chi connectivity index (χ2v) is 8.15. The van der Waals surface area contributed by atoms with Gasteiger partial charge in [0.15, 0.2) is 5.69 Å². The molecular formula is C23H25ClN4O3. The Hall–Kier alpha value is -3.32. The minimum absolute atomic E-state index is 0.0406. The summed E-state index contributed by atoms with van der Waals surface area (Å²) < 4.78 is 1.26. The van der Waals surface area contributed by atoms with Gasteiger partial charge in [0.25, 0.3) is 11.5 Å². The van der Waals surface area contributed by atoms with Crippen LogP contribution in [0, 0.1) is 5.92 Å². The van der Waals surface area contributed by atoms with Crippen LogP contribution < -0.4 is 21.9 Å². The maximum atomic E-state index is 13.3. The molecule has 1 aromatic heterocycles. The number of hydrogen-bond acceptors (Lipinski definition) is 4. The number of nitrogens with two attached hydrogens (primary N) is 1. The molecule has 0 spiro atoms. The molecule has 0 aliphatic heterocycles. The lowest BCUT2D eigenvalue weighted by Crippen LogP contribution is -2.42. The third-order valence-electron chi connectivity index (χ3n) is 4.91. The van der Waals surface area contributed by atoms with Crippen molar-refractivity contribution in [1.82, 2.24) is 9.55 Å². The molecule has 1 amide bonds. The molecule has 0 radical (unpaired) electrons. The first-order valence-corrected chi connectivity index (χ1v) is 10.4. The number of H-pyrrole nitrogens is 1. The number of nitrogen functional groups attached to an aromatic ring is 1. The summed E-state index contributed by atoms with van der Waals surface area (Å²) in [5, 5.41) is 0.408. The average molecular weight is 441 g/mol. The van der Waals surface area contributed by atoms with Gasteiger partial charge in [-0.25, -0.2) is 4.79 Å². The molecule has 0 aliphatic carbocycles. The van der Waals surface area contributed by atoms with Crippen molar-refractivity contribution in [2.24, 2.45) is 5.92 Å². The number of halogens is 1. The van der Waals surface area contributed by atoms with E-state index in [9.17, 15) is 14.4 Å². The predicted octanol–water partition coefficient (Wildman–Crippen LogP) is 3.51. The Balaban J connectivity index is 2.11. The third kappa shape index (κ3) is 5.24. The Labute approximate surface area is 185 Å². The van der Waals surface area contributed by atoms with Gasteiger partial charge >= 0.3 is 5.69 Å². The van der Waals surface area contributed by atoms with Crippen molar-refractivity contribution in [2.75, 3.05) is 17.2 Å². The van der Waals surface area contributed by atoms with Gasteiger partial charge in [-0.05, 0) is 36.1 Å². The fourth-order valence-corrected chi connectivity index (χ4v) is 3.43. The number of carbonyl (C=O) groups is 1. The molecule has 2 aromatic carbocycles. The van der Waals surface area contributed by atoms with Crippen LogP contribution in [0.25, 0.3) is 0 Å². The number of aromatic nitrogens is 2. The molecule has 31 heavy (non-hydrogen) atoms. The quantitative estimate of drug-likeness (QED) is 0.586. The molecule has 1 heterocycles. The van der Waals surface area contributed by atoms with Crippen molar-refractivity contribution in [3.63, 3.8) is 0 Å². The smallest absolute Gasteiger partial charge is 0.330 e. The van der Waals surface area contributed by atoms with Gasteiger partial charge in [0.2, 0.25) is 0 Å². The Bertz CT molecular complexity index is 1190. The molecule has 3 aromatic rings. The lowest BCUT2D eigenvalue weighted by atomic mass is 10.1. The number of carbonyl (C=O) groups excluding carboxylic acids is 1. The Morgan fingerprint density at radius 1 is 1.13 bits per heavy atom. The van der Waals surface area contributed by atoms with Crippen LogP contribution in [-0.4, -0.2) is 22.0 Å². The number of hydrogen-bond donors (Lipinski definition) is 2. The molecule has 0 unspecified atom stereocenters. The molecule has 3 rings (SSSR count). The summed E-state index contributed by atoms with van der Waals surface area (Å²) in [7, 11) is 0. The molecule has 8 heteroatoms. The molecular weight excluding hydrogens is 416 g/mol. The molecule has 0 saturated heterocycles. The summed E-state index contributed by atoms with van der Waals surface area (Å²) in [6.07, 6.45) is 0.642. The average Bonchev–Trinajstić information content (AvgIpc) is 2.73. The lowest BCUT2D eigenvalue weighted by Gasteiger charge is -2.25. The van der Waals surface area contributed by atoms with Crippen molar-refractivity contribution in [3.8, 4) is 0 Å². The third-order valence-corrected chi connectivity index (χ3v) is 5.15. The zero-order valence-corrected chi connectivity index (χ0v) is 18.2. The van der Waals surface area contributed by atoms with Gasteiger partial charge in [-0.2, -0.15) is 0 Å². The molecule has 3 N–H and O–H groups in total. The molecule has 0 bridgehead atoms. The molecule has 7 nitrogen and oxygen atoms in total. The van der Waals surface area contributed by atoms with Gasteiger partial charge in [0.1, 0.15) is 5.82 Å². The summed E-state index contributed by atoms with van der Waals surface area (Å²) in [5.41, 5.74) is 6.10. The van der Waals surface area contributed by atoms with Gasteiger partial charge < -0.3 is 10.6 Å². The van der Waals surface area contributed by atoms with Crippen LogP contribution in [0.5, 0.6) is 0 Å². The van der Waals surface area contributed by atoms with E-state index in [1.165, 1.54) is 15.5 Å². The molecule has 162 valence electrons. The molecule has 0 fully saturated rings. The number of amides is 1. The number of benzene rings is 2. The van der Waals surface area contributed by atoms with Gasteiger partial charge in [-0.3, -0.25) is 19.1 Å². The van der Waals surface area contributed by atoms with Gasteiger partial charge in [0.05, 0.1) is 6.54 Å². The molecule has 0 aliphatic rings. The first-order valence-electron chi connectivity index (χ1n) is 10.0. The largest absolute Gasteiger partial charge is 0.383 e. The predicted molar refractivity (Wildman–Crippen MR) is 124 cm³/mol. The topological polar surface area (TPSA) is 101 Å². The van der Waals surface area contributed by atoms with E-state index >= 15 is 0 Å². The van der Waals surface area contributed by atoms with E-state index in [0.717, 1.165) is 5.56 Å². The molecule has 0 atom stereocenters. The maximum absolute atomic E-state index is 13.3. The first kappa shape index (κ1) is 22.4. The van der Waals surface area contributed by atoms with Crippen LogP contribution in [0.2, 0.25) is 5.02 Å². The summed E-state index contributed by atoms with van der Waals surface area (Å²) in [4.78, 5) is 42.3. The van der Waals surface area contributed by atoms with Crippen molar-refractivity contribution in [1.29, 1.82) is 0 Å². The first-order chi connectivity index (χ1) is 14.8. The minimum atomic E-state index is -0.703. The number of aromatic amines is 1. The number of nitrogens with one attached hydrogen (secondary N) is 1. The summed E-state index contributed by atoms with van der Waals surface area (Å²) in [6, 6.07) is 15.8. The normalized spacial score (nSPS) is 11.0. The van der Waals surface area contributed by atoms with Crippen LogP contribution in [-0.2, 0) is 6.54 Å². The van der Waals surface area contributed by atoms with E-state index in [1.807, 2.05) is 44.2 Å². The Morgan fingerprint density at radius 3 is 2.48 bits per heavy atom. The summed E-state index contributed by atoms with van der Waals surface area (Å²) in [6.45, 7) is 4.47. The van der Waals surface area contributed by atoms with E-state index in [1.54, 1.807) is 18.2 Å². The van der Waals surface area contributed by atoms with E-state index in [2.05, 4.69) is 4.98 Å². The second-order valence-electron chi connectivity index (χ2n) is 7.71. The van der Waals surface area contributed by atoms with E-state index < -0.39 is 17.2 Å². The minimum Gasteiger partial charge on any atom is -0.383 e. The van der Waals surface area contributed by atoms with E-state index in [-0.39, 0.29) is 30.5 Å². The van der Waals surface area contributed by atoms with Crippen LogP contribution in [0.3, 0.4) is 0 Å². The number of nitrogens with zero attached hydrogens (tertiary/aromatic N) is 2. The van der Waals surface area contributed by atoms with Gasteiger partial charge in [-0.15, -0.1) is 0 Å². The van der Waals surface area contributed by atoms with Crippen molar-refractivity contribution in [2.45, 2.75) is 26.8 Å². The second kappa shape index (κ2) is 9.66. The summed E-state index contributed by atoms with van der Waals surface area (Å²) in [5.74, 6) is -0.188. The van der Waals surface area contributed by atoms with Crippen LogP contribution in [0.15, 0.2) is 64.2 Å². The zero-order chi connectivity index (χ0) is 22.5. The lowest BCUT2D eigenvalue weighted by molar-refractivity contribution is 0.0985. The van der Waals surface area contributed by atoms with Crippen LogP contribution in [0.1, 0.15) is 36.2 Å². The number of anilines is 2. The van der Waals surface area contributed by atoms with Crippen molar-refractivity contribution in [3.05, 3.63) is 91.6 Å². The number of rotatable bonds is 7. The Kier molecular flexibility index (Phi) is 6.97. The van der Waals surface area contributed by atoms with Gasteiger partial charge in [-0.1, -0.05) is 61.8 Å².